The molecule has 0 aromatic carbocycles. The summed E-state index contributed by atoms with van der Waals surface area (Å²) < 4.78 is 81.9. The Balaban J connectivity index is 1.63. The van der Waals surface area contributed by atoms with Crippen LogP contribution in [0.25, 0.3) is 0 Å². The predicted molar refractivity (Wildman–Crippen MR) is 113 cm³/mol. The molecule has 4 aliphatic heterocycles. The molecule has 12 nitrogen and oxygen atoms in total. The van der Waals surface area contributed by atoms with Gasteiger partial charge >= 0.3 is 0 Å². The zero-order valence-electron chi connectivity index (χ0n) is 19.0. The predicted octanol–water partition coefficient (Wildman–Crippen LogP) is 0.401. The van der Waals surface area contributed by atoms with Gasteiger partial charge in [-0.3, -0.25) is 0 Å². The van der Waals surface area contributed by atoms with E-state index in [4.69, 9.17) is 18.9 Å². The molecule has 4 aliphatic rings. The van der Waals surface area contributed by atoms with Gasteiger partial charge in [0, 0.05) is 26.2 Å². The molecule has 4 fully saturated rings. The van der Waals surface area contributed by atoms with Crippen molar-refractivity contribution in [2.45, 2.75) is 90.9 Å². The Morgan fingerprint density at radius 2 is 0.719 bits per heavy atom. The van der Waals surface area contributed by atoms with Gasteiger partial charge in [-0.25, -0.2) is 0 Å². The zero-order chi connectivity index (χ0) is 23.3. The number of hydrogen-bond donors (Lipinski definition) is 0. The summed E-state index contributed by atoms with van der Waals surface area (Å²) in [5, 5.41) is 0. The summed E-state index contributed by atoms with van der Waals surface area (Å²) in [5.74, 6) is 0. The summed E-state index contributed by atoms with van der Waals surface area (Å²) in [6.07, 6.45) is -3.24. The van der Waals surface area contributed by atoms with E-state index in [-0.39, 0.29) is 26.2 Å². The minimum absolute atomic E-state index is 0.276. The third kappa shape index (κ3) is 3.82. The van der Waals surface area contributed by atoms with Crippen molar-refractivity contribution in [1.82, 2.24) is 17.2 Å². The van der Waals surface area contributed by atoms with Crippen molar-refractivity contribution in [2.24, 2.45) is 0 Å². The van der Waals surface area contributed by atoms with Gasteiger partial charge in [-0.2, -0.15) is 34.1 Å². The molecule has 0 spiro atoms. The largest absolute Gasteiger partial charge is 0.324 e. The second-order valence-corrected chi connectivity index (χ2v) is 12.0. The zero-order valence-corrected chi connectivity index (χ0v) is 20.6. The minimum Gasteiger partial charge on any atom is -0.324 e. The third-order valence-electron chi connectivity index (χ3n) is 5.90. The molecule has 0 saturated carbocycles. The first-order chi connectivity index (χ1) is 15.2. The lowest BCUT2D eigenvalue weighted by Crippen LogP contribution is -2.63. The molecule has 2 unspecified atom stereocenters. The van der Waals surface area contributed by atoms with Crippen LogP contribution in [0.3, 0.4) is 0 Å². The summed E-state index contributed by atoms with van der Waals surface area (Å²) in [6, 6.07) is 0. The fourth-order valence-electron chi connectivity index (χ4n) is 4.63. The fourth-order valence-corrected chi connectivity index (χ4v) is 8.48. The van der Waals surface area contributed by atoms with Gasteiger partial charge in [-0.05, 0) is 25.7 Å². The second kappa shape index (κ2) is 9.32. The van der Waals surface area contributed by atoms with E-state index in [1.165, 1.54) is 17.2 Å². The van der Waals surface area contributed by atoms with Gasteiger partial charge < -0.3 is 18.9 Å². The van der Waals surface area contributed by atoms with Crippen LogP contribution < -0.4 is 0 Å². The molecule has 0 amide bonds. The van der Waals surface area contributed by atoms with Crippen LogP contribution in [0.1, 0.15) is 53.4 Å². The molecule has 14 heteroatoms. The lowest BCUT2D eigenvalue weighted by Gasteiger charge is -2.46. The lowest BCUT2D eigenvalue weighted by molar-refractivity contribution is -0.440. The van der Waals surface area contributed by atoms with Gasteiger partial charge in [0.15, 0.2) is 24.9 Å². The summed E-state index contributed by atoms with van der Waals surface area (Å²) in [4.78, 5) is 0. The van der Waals surface area contributed by atoms with Gasteiger partial charge in [0.05, 0.1) is 0 Å². The van der Waals surface area contributed by atoms with E-state index in [2.05, 4.69) is 0 Å². The first kappa shape index (κ1) is 24.7. The van der Waals surface area contributed by atoms with Crippen molar-refractivity contribution in [3.63, 3.8) is 0 Å². The molecule has 0 aromatic heterocycles. The summed E-state index contributed by atoms with van der Waals surface area (Å²) in [6.45, 7) is 8.65. The molecular weight excluding hydrogens is 464 g/mol. The third-order valence-corrected chi connectivity index (χ3v) is 9.83. The highest BCUT2D eigenvalue weighted by Crippen LogP contribution is 2.42. The quantitative estimate of drug-likeness (QED) is 0.472. The standard InChI is InChI=1S/C18H34N4O8S2/c1-5-9-19-13-14(20(10-6-2)31(19,23)24)28-18-17(27-13)29-15-16(30-18)22(12-8-4)32(25,26)21(15)11-7-3/h13-18H,5-12H2,1-4H3/t13-,14-,15+,16+,17?,18?. The minimum atomic E-state index is -3.76. The van der Waals surface area contributed by atoms with E-state index in [0.717, 1.165) is 0 Å². The van der Waals surface area contributed by atoms with Crippen molar-refractivity contribution in [1.29, 1.82) is 0 Å². The number of nitrogens with zero attached hydrogens (tertiary/aromatic N) is 4. The Labute approximate surface area is 190 Å². The SMILES string of the molecule is CCCN1[C@@H]2OC3O[C@H]4[C@H](OC3O[C@H]2N(CCC)S1(=O)=O)N(CCC)S(=O)(=O)N4CCC. The Morgan fingerprint density at radius 3 is 0.906 bits per heavy atom. The average Bonchev–Trinajstić information content (AvgIpc) is 3.06. The van der Waals surface area contributed by atoms with Crippen molar-refractivity contribution in [3.05, 3.63) is 0 Å². The highest BCUT2D eigenvalue weighted by atomic mass is 32.2. The number of hydrogen-bond acceptors (Lipinski definition) is 8. The number of rotatable bonds is 8. The van der Waals surface area contributed by atoms with Gasteiger partial charge in [0.1, 0.15) is 0 Å². The molecule has 4 rings (SSSR count). The second-order valence-electron chi connectivity index (χ2n) is 8.30. The first-order valence-corrected chi connectivity index (χ1v) is 14.2. The van der Waals surface area contributed by atoms with Gasteiger partial charge in [-0.1, -0.05) is 27.7 Å². The maximum absolute atomic E-state index is 13.1. The van der Waals surface area contributed by atoms with E-state index >= 15 is 0 Å². The van der Waals surface area contributed by atoms with Crippen LogP contribution in [-0.4, -0.2) is 97.7 Å². The van der Waals surface area contributed by atoms with Crippen LogP contribution in [0.15, 0.2) is 0 Å². The van der Waals surface area contributed by atoms with Crippen molar-refractivity contribution in [3.8, 4) is 0 Å². The van der Waals surface area contributed by atoms with Crippen molar-refractivity contribution < 1.29 is 35.8 Å². The van der Waals surface area contributed by atoms with E-state index < -0.39 is 57.9 Å². The van der Waals surface area contributed by atoms with Gasteiger partial charge in [0.2, 0.25) is 12.6 Å². The molecule has 4 heterocycles. The maximum atomic E-state index is 13.1. The van der Waals surface area contributed by atoms with E-state index in [0.29, 0.717) is 25.7 Å². The Morgan fingerprint density at radius 1 is 0.500 bits per heavy atom. The molecule has 0 N–H and O–H groups in total. The van der Waals surface area contributed by atoms with Gasteiger partial charge in [0.25, 0.3) is 20.4 Å². The Hall–Kier alpha value is -0.420. The summed E-state index contributed by atoms with van der Waals surface area (Å²) >= 11 is 0. The highest BCUT2D eigenvalue weighted by molar-refractivity contribution is 7.87. The van der Waals surface area contributed by atoms with Crippen LogP contribution >= 0.6 is 0 Å². The molecule has 0 aromatic rings. The molecule has 186 valence electrons. The molecule has 4 saturated heterocycles. The van der Waals surface area contributed by atoms with E-state index in [9.17, 15) is 16.8 Å². The lowest BCUT2D eigenvalue weighted by atomic mass is 10.3. The highest BCUT2D eigenvalue weighted by Gasteiger charge is 2.63. The van der Waals surface area contributed by atoms with E-state index in [1.807, 2.05) is 27.7 Å². The fraction of sp³-hybridized carbons (Fsp3) is 1.00. The molecule has 0 radical (unpaired) electrons. The Kier molecular flexibility index (Phi) is 7.19. The topological polar surface area (TPSA) is 118 Å². The van der Waals surface area contributed by atoms with Crippen molar-refractivity contribution in [2.75, 3.05) is 26.2 Å². The number of ether oxygens (including phenoxy) is 4. The van der Waals surface area contributed by atoms with Crippen LogP contribution in [-0.2, 0) is 39.4 Å². The van der Waals surface area contributed by atoms with E-state index in [1.54, 1.807) is 0 Å². The molecular formula is C18H34N4O8S2. The van der Waals surface area contributed by atoms with Crippen molar-refractivity contribution >= 4 is 20.4 Å². The smallest absolute Gasteiger partial charge is 0.286 e. The van der Waals surface area contributed by atoms with Gasteiger partial charge in [-0.15, -0.1) is 0 Å². The average molecular weight is 499 g/mol. The maximum Gasteiger partial charge on any atom is 0.286 e. The van der Waals surface area contributed by atoms with Crippen LogP contribution in [0.2, 0.25) is 0 Å². The molecule has 6 atom stereocenters. The van der Waals surface area contributed by atoms with Crippen LogP contribution in [0, 0.1) is 0 Å². The molecule has 32 heavy (non-hydrogen) atoms. The van der Waals surface area contributed by atoms with Crippen LogP contribution in [0.4, 0.5) is 0 Å². The number of fused-ring (bicyclic) bond motifs is 3. The molecule has 0 bridgehead atoms. The first-order valence-electron chi connectivity index (χ1n) is 11.4. The normalized spacial score (nSPS) is 39.6. The molecule has 0 aliphatic carbocycles. The summed E-state index contributed by atoms with van der Waals surface area (Å²) in [7, 11) is -7.53. The Bertz CT molecular complexity index is 759. The monoisotopic (exact) mass is 498 g/mol. The summed E-state index contributed by atoms with van der Waals surface area (Å²) in [5.41, 5.74) is 0. The van der Waals surface area contributed by atoms with Crippen LogP contribution in [0.5, 0.6) is 0 Å².